The van der Waals surface area contributed by atoms with Crippen LogP contribution in [-0.4, -0.2) is 9.97 Å². The zero-order chi connectivity index (χ0) is 8.55. The van der Waals surface area contributed by atoms with E-state index in [1.54, 1.807) is 0 Å². The first-order valence-corrected chi connectivity index (χ1v) is 4.11. The molecule has 12 heavy (non-hydrogen) atoms. The molecule has 1 heterocycles. The third-order valence-corrected chi connectivity index (χ3v) is 1.98. The fraction of sp³-hybridized carbons (Fsp3) is 0.300. The van der Waals surface area contributed by atoms with Crippen molar-refractivity contribution in [3.8, 4) is 0 Å². The van der Waals surface area contributed by atoms with Crippen molar-refractivity contribution in [3.05, 3.63) is 28.5 Å². The minimum Gasteiger partial charge on any atom is -0.238 e. The van der Waals surface area contributed by atoms with Gasteiger partial charge in [0, 0.05) is 23.8 Å². The first-order valence-electron chi connectivity index (χ1n) is 4.11. The average Bonchev–Trinajstić information content (AvgIpc) is 2.52. The molecule has 0 aromatic carbocycles. The second-order valence-corrected chi connectivity index (χ2v) is 2.83. The fourth-order valence-corrected chi connectivity index (χ4v) is 1.31. The van der Waals surface area contributed by atoms with E-state index in [1.165, 1.54) is 0 Å². The molecule has 1 aromatic heterocycles. The Kier molecular flexibility index (Phi) is 1.56. The summed E-state index contributed by atoms with van der Waals surface area (Å²) in [5, 5.41) is 0. The highest BCUT2D eigenvalue weighted by molar-refractivity contribution is 5.71. The highest BCUT2D eigenvalue weighted by atomic mass is 14.9. The summed E-state index contributed by atoms with van der Waals surface area (Å²) in [4.78, 5) is 8.73. The summed E-state index contributed by atoms with van der Waals surface area (Å²) >= 11 is 0. The van der Waals surface area contributed by atoms with E-state index in [4.69, 9.17) is 0 Å². The van der Waals surface area contributed by atoms with E-state index >= 15 is 0 Å². The predicted molar refractivity (Wildman–Crippen MR) is 48.6 cm³/mol. The van der Waals surface area contributed by atoms with Gasteiger partial charge in [-0.3, -0.25) is 0 Å². The maximum absolute atomic E-state index is 4.37. The standard InChI is InChI=1S/C10H10N2/c1-3-10-11-7(2)8-5-4-6-9(8)12-10/h5-6H,3H2,1-2H3. The quantitative estimate of drug-likeness (QED) is 0.593. The highest BCUT2D eigenvalue weighted by Crippen LogP contribution is 2.18. The molecule has 1 aliphatic carbocycles. The lowest BCUT2D eigenvalue weighted by Gasteiger charge is -2.02. The zero-order valence-electron chi connectivity index (χ0n) is 7.26. The van der Waals surface area contributed by atoms with E-state index in [-0.39, 0.29) is 0 Å². The third kappa shape index (κ3) is 0.973. The first-order chi connectivity index (χ1) is 5.81. The first kappa shape index (κ1) is 7.26. The second-order valence-electron chi connectivity index (χ2n) is 2.83. The molecule has 0 fully saturated rings. The van der Waals surface area contributed by atoms with Gasteiger partial charge in [-0.05, 0) is 13.0 Å². The molecule has 0 bridgehead atoms. The van der Waals surface area contributed by atoms with Gasteiger partial charge in [0.15, 0.2) is 0 Å². The van der Waals surface area contributed by atoms with E-state index in [0.717, 1.165) is 29.2 Å². The number of aromatic nitrogens is 2. The van der Waals surface area contributed by atoms with Gasteiger partial charge < -0.3 is 0 Å². The van der Waals surface area contributed by atoms with E-state index in [2.05, 4.69) is 22.6 Å². The van der Waals surface area contributed by atoms with Gasteiger partial charge in [-0.1, -0.05) is 6.92 Å². The van der Waals surface area contributed by atoms with Crippen molar-refractivity contribution in [2.45, 2.75) is 20.3 Å². The third-order valence-electron chi connectivity index (χ3n) is 1.98. The summed E-state index contributed by atoms with van der Waals surface area (Å²) in [6, 6.07) is 0. The van der Waals surface area contributed by atoms with Crippen LogP contribution in [0, 0.1) is 6.92 Å². The lowest BCUT2D eigenvalue weighted by atomic mass is 10.2. The molecule has 1 aromatic rings. The van der Waals surface area contributed by atoms with Crippen molar-refractivity contribution in [1.82, 2.24) is 9.97 Å². The summed E-state index contributed by atoms with van der Waals surface area (Å²) in [7, 11) is 0. The van der Waals surface area contributed by atoms with Gasteiger partial charge in [0.1, 0.15) is 5.82 Å². The molecular weight excluding hydrogens is 148 g/mol. The van der Waals surface area contributed by atoms with Crippen molar-refractivity contribution < 1.29 is 0 Å². The van der Waals surface area contributed by atoms with Gasteiger partial charge in [0.2, 0.25) is 0 Å². The Morgan fingerprint density at radius 1 is 1.33 bits per heavy atom. The van der Waals surface area contributed by atoms with E-state index in [0.29, 0.717) is 0 Å². The topological polar surface area (TPSA) is 25.8 Å². The number of rotatable bonds is 1. The van der Waals surface area contributed by atoms with Crippen LogP contribution in [0.25, 0.3) is 12.2 Å². The minimum atomic E-state index is 0.891. The van der Waals surface area contributed by atoms with Crippen molar-refractivity contribution in [2.24, 2.45) is 0 Å². The van der Waals surface area contributed by atoms with Crippen molar-refractivity contribution in [1.29, 1.82) is 0 Å². The molecule has 2 heteroatoms. The Morgan fingerprint density at radius 3 is 2.92 bits per heavy atom. The van der Waals surface area contributed by atoms with Crippen LogP contribution >= 0.6 is 0 Å². The molecule has 0 N–H and O–H groups in total. The summed E-state index contributed by atoms with van der Waals surface area (Å²) in [6.07, 6.45) is 4.73. The van der Waals surface area contributed by atoms with Gasteiger partial charge in [0.05, 0.1) is 5.69 Å². The van der Waals surface area contributed by atoms with Crippen molar-refractivity contribution in [3.63, 3.8) is 0 Å². The molecule has 0 saturated heterocycles. The predicted octanol–water partition coefficient (Wildman–Crippen LogP) is 1.99. The molecule has 0 aliphatic heterocycles. The maximum Gasteiger partial charge on any atom is 0.129 e. The minimum absolute atomic E-state index is 0.891. The zero-order valence-corrected chi connectivity index (χ0v) is 7.26. The second kappa shape index (κ2) is 2.58. The Hall–Kier alpha value is -1.40. The fourth-order valence-electron chi connectivity index (χ4n) is 1.31. The van der Waals surface area contributed by atoms with E-state index in [9.17, 15) is 0 Å². The van der Waals surface area contributed by atoms with Crippen LogP contribution in [0.2, 0.25) is 0 Å². The summed E-state index contributed by atoms with van der Waals surface area (Å²) < 4.78 is 0. The van der Waals surface area contributed by atoms with Crippen LogP contribution in [0.1, 0.15) is 29.7 Å². The number of hydrogen-bond donors (Lipinski definition) is 0. The SMILES string of the molecule is CCc1nc(C)c2c(n1)C=C=C2. The van der Waals surface area contributed by atoms with Crippen LogP contribution < -0.4 is 0 Å². The van der Waals surface area contributed by atoms with E-state index < -0.39 is 0 Å². The molecule has 0 saturated carbocycles. The number of nitrogens with zero attached hydrogens (tertiary/aromatic N) is 2. The Labute approximate surface area is 71.7 Å². The largest absolute Gasteiger partial charge is 0.238 e. The number of fused-ring (bicyclic) bond motifs is 1. The molecule has 2 rings (SSSR count). The molecule has 0 unspecified atom stereocenters. The lowest BCUT2D eigenvalue weighted by Crippen LogP contribution is -1.99. The molecule has 1 aliphatic rings. The monoisotopic (exact) mass is 158 g/mol. The van der Waals surface area contributed by atoms with Gasteiger partial charge in [0.25, 0.3) is 0 Å². The Balaban J connectivity index is 2.61. The molecular formula is C10H10N2. The molecule has 2 nitrogen and oxygen atoms in total. The van der Waals surface area contributed by atoms with Gasteiger partial charge in [-0.15, -0.1) is 5.73 Å². The molecule has 0 atom stereocenters. The van der Waals surface area contributed by atoms with Crippen LogP contribution in [0.5, 0.6) is 0 Å². The smallest absolute Gasteiger partial charge is 0.129 e. The van der Waals surface area contributed by atoms with Crippen molar-refractivity contribution >= 4 is 12.2 Å². The maximum atomic E-state index is 4.37. The summed E-state index contributed by atoms with van der Waals surface area (Å²) in [5.74, 6) is 0.916. The number of aryl methyl sites for hydroxylation is 2. The van der Waals surface area contributed by atoms with Gasteiger partial charge in [-0.25, -0.2) is 9.97 Å². The van der Waals surface area contributed by atoms with Gasteiger partial charge in [-0.2, -0.15) is 0 Å². The normalized spacial score (nSPS) is 12.2. The summed E-state index contributed by atoms with van der Waals surface area (Å²) in [5.41, 5.74) is 6.21. The van der Waals surface area contributed by atoms with Gasteiger partial charge >= 0.3 is 0 Å². The van der Waals surface area contributed by atoms with Crippen molar-refractivity contribution in [2.75, 3.05) is 0 Å². The Bertz CT molecular complexity index is 385. The van der Waals surface area contributed by atoms with Crippen LogP contribution in [0.15, 0.2) is 5.73 Å². The number of hydrogen-bond acceptors (Lipinski definition) is 2. The highest BCUT2D eigenvalue weighted by Gasteiger charge is 2.08. The van der Waals surface area contributed by atoms with Crippen LogP contribution in [0.3, 0.4) is 0 Å². The Morgan fingerprint density at radius 2 is 2.17 bits per heavy atom. The van der Waals surface area contributed by atoms with Crippen LogP contribution in [0.4, 0.5) is 0 Å². The average molecular weight is 158 g/mol. The molecule has 0 amide bonds. The van der Waals surface area contributed by atoms with E-state index in [1.807, 2.05) is 19.1 Å². The molecule has 60 valence electrons. The molecule has 0 spiro atoms. The lowest BCUT2D eigenvalue weighted by molar-refractivity contribution is 0.909. The molecule has 0 radical (unpaired) electrons. The summed E-state index contributed by atoms with van der Waals surface area (Å²) in [6.45, 7) is 4.07. The van der Waals surface area contributed by atoms with Crippen LogP contribution in [-0.2, 0) is 6.42 Å².